The predicted octanol–water partition coefficient (Wildman–Crippen LogP) is 5.06. The second kappa shape index (κ2) is 11.5. The number of halogens is 3. The molecule has 0 spiro atoms. The molecule has 194 valence electrons. The van der Waals surface area contributed by atoms with Gasteiger partial charge in [-0.2, -0.15) is 13.2 Å². The minimum absolute atomic E-state index is 0.0570. The summed E-state index contributed by atoms with van der Waals surface area (Å²) in [5, 5.41) is 8.89. The molecule has 0 radical (unpaired) electrons. The quantitative estimate of drug-likeness (QED) is 0.288. The van der Waals surface area contributed by atoms with Gasteiger partial charge in [0.2, 0.25) is 5.91 Å². The molecule has 1 fully saturated rings. The molecule has 1 aliphatic carbocycles. The monoisotopic (exact) mass is 506 g/mol. The summed E-state index contributed by atoms with van der Waals surface area (Å²) in [7, 11) is 0. The van der Waals surface area contributed by atoms with Crippen molar-refractivity contribution in [3.63, 3.8) is 0 Å². The lowest BCUT2D eigenvalue weighted by Crippen LogP contribution is -2.26. The molecule has 0 saturated heterocycles. The Morgan fingerprint density at radius 3 is 2.39 bits per heavy atom. The van der Waals surface area contributed by atoms with Crippen molar-refractivity contribution in [2.75, 3.05) is 5.73 Å². The topological polar surface area (TPSA) is 133 Å². The SMILES string of the molecule is NC(=O)C(CCC(=O)c1cc(OCc2ccc(C3CCCC3)c(C(F)(F)F)c2)ccc1N)CC(=O)O. The molecule has 2 aromatic carbocycles. The van der Waals surface area contributed by atoms with Crippen LogP contribution >= 0.6 is 0 Å². The summed E-state index contributed by atoms with van der Waals surface area (Å²) in [6, 6.07) is 8.59. The predicted molar refractivity (Wildman–Crippen MR) is 126 cm³/mol. The molecule has 36 heavy (non-hydrogen) atoms. The van der Waals surface area contributed by atoms with E-state index in [1.165, 1.54) is 24.3 Å². The Morgan fingerprint density at radius 2 is 1.78 bits per heavy atom. The zero-order valence-electron chi connectivity index (χ0n) is 19.6. The number of alkyl halides is 3. The summed E-state index contributed by atoms with van der Waals surface area (Å²) in [6.45, 7) is -0.145. The van der Waals surface area contributed by atoms with Crippen molar-refractivity contribution < 1.29 is 37.4 Å². The number of aliphatic carboxylic acids is 1. The maximum absolute atomic E-state index is 13.7. The van der Waals surface area contributed by atoms with Gasteiger partial charge in [0.25, 0.3) is 0 Å². The first-order valence-corrected chi connectivity index (χ1v) is 11.7. The van der Waals surface area contributed by atoms with Crippen molar-refractivity contribution in [3.05, 3.63) is 58.7 Å². The third-order valence-corrected chi connectivity index (χ3v) is 6.49. The summed E-state index contributed by atoms with van der Waals surface area (Å²) >= 11 is 0. The first-order chi connectivity index (χ1) is 17.0. The zero-order chi connectivity index (χ0) is 26.5. The van der Waals surface area contributed by atoms with Gasteiger partial charge in [-0.3, -0.25) is 14.4 Å². The van der Waals surface area contributed by atoms with E-state index < -0.39 is 41.7 Å². The molecule has 3 rings (SSSR count). The van der Waals surface area contributed by atoms with Crippen molar-refractivity contribution in [2.45, 2.75) is 63.6 Å². The Labute approximate surface area is 206 Å². The number of anilines is 1. The van der Waals surface area contributed by atoms with Gasteiger partial charge in [-0.25, -0.2) is 0 Å². The van der Waals surface area contributed by atoms with Crippen molar-refractivity contribution in [1.82, 2.24) is 0 Å². The van der Waals surface area contributed by atoms with E-state index in [2.05, 4.69) is 0 Å². The molecule has 0 aliphatic heterocycles. The molecule has 10 heteroatoms. The molecular weight excluding hydrogens is 477 g/mol. The average molecular weight is 507 g/mol. The van der Waals surface area contributed by atoms with E-state index in [0.717, 1.165) is 31.7 Å². The Kier molecular flexibility index (Phi) is 8.60. The van der Waals surface area contributed by atoms with Gasteiger partial charge in [0.05, 0.1) is 12.0 Å². The first kappa shape index (κ1) is 27.0. The average Bonchev–Trinajstić information content (AvgIpc) is 3.34. The minimum Gasteiger partial charge on any atom is -0.489 e. The molecule has 7 nitrogen and oxygen atoms in total. The van der Waals surface area contributed by atoms with Crippen molar-refractivity contribution >= 4 is 23.3 Å². The van der Waals surface area contributed by atoms with Crippen LogP contribution in [0.15, 0.2) is 36.4 Å². The Hall–Kier alpha value is -3.56. The summed E-state index contributed by atoms with van der Waals surface area (Å²) in [5.41, 5.74) is 11.4. The number of primary amides is 1. The Balaban J connectivity index is 1.70. The van der Waals surface area contributed by atoms with Crippen molar-refractivity contribution in [1.29, 1.82) is 0 Å². The number of benzene rings is 2. The van der Waals surface area contributed by atoms with Gasteiger partial charge in [0.15, 0.2) is 5.78 Å². The molecule has 1 unspecified atom stereocenters. The van der Waals surface area contributed by atoms with Gasteiger partial charge in [-0.05, 0) is 60.6 Å². The zero-order valence-corrected chi connectivity index (χ0v) is 19.6. The molecular formula is C26H29F3N2O5. The molecule has 5 N–H and O–H groups in total. The first-order valence-electron chi connectivity index (χ1n) is 11.7. The van der Waals surface area contributed by atoms with Crippen LogP contribution in [0.1, 0.15) is 77.9 Å². The number of rotatable bonds is 11. The number of carbonyl (C=O) groups excluding carboxylic acids is 2. The van der Waals surface area contributed by atoms with E-state index in [1.807, 2.05) is 0 Å². The second-order valence-electron chi connectivity index (χ2n) is 9.10. The van der Waals surface area contributed by atoms with Gasteiger partial charge in [-0.1, -0.05) is 25.0 Å². The molecule has 0 heterocycles. The number of hydrogen-bond donors (Lipinski definition) is 3. The van der Waals surface area contributed by atoms with Gasteiger partial charge in [0, 0.05) is 23.6 Å². The van der Waals surface area contributed by atoms with E-state index in [-0.39, 0.29) is 42.4 Å². The number of nitrogen functional groups attached to an aromatic ring is 1. The highest BCUT2D eigenvalue weighted by molar-refractivity contribution is 6.01. The minimum atomic E-state index is -4.47. The van der Waals surface area contributed by atoms with Crippen LogP contribution in [0, 0.1) is 5.92 Å². The molecule has 2 aromatic rings. The highest BCUT2D eigenvalue weighted by atomic mass is 19.4. The number of carboxylic acids is 1. The van der Waals surface area contributed by atoms with Crippen LogP contribution < -0.4 is 16.2 Å². The van der Waals surface area contributed by atoms with Gasteiger partial charge < -0.3 is 21.3 Å². The number of carbonyl (C=O) groups is 3. The van der Waals surface area contributed by atoms with E-state index in [1.54, 1.807) is 6.07 Å². The van der Waals surface area contributed by atoms with Crippen LogP contribution in [-0.2, 0) is 22.4 Å². The second-order valence-corrected chi connectivity index (χ2v) is 9.10. The lowest BCUT2D eigenvalue weighted by atomic mass is 9.91. The number of ketones is 1. The van der Waals surface area contributed by atoms with Crippen molar-refractivity contribution in [3.8, 4) is 5.75 Å². The molecule has 0 aromatic heterocycles. The van der Waals surface area contributed by atoms with Crippen molar-refractivity contribution in [2.24, 2.45) is 11.7 Å². The number of hydrogen-bond acceptors (Lipinski definition) is 5. The Morgan fingerprint density at radius 1 is 1.08 bits per heavy atom. The van der Waals surface area contributed by atoms with Crippen LogP contribution in [0.3, 0.4) is 0 Å². The maximum Gasteiger partial charge on any atom is 0.416 e. The number of Topliss-reactive ketones (excluding diaryl/α,β-unsaturated/α-hetero) is 1. The normalized spacial score (nSPS) is 15.0. The number of nitrogens with two attached hydrogens (primary N) is 2. The lowest BCUT2D eigenvalue weighted by molar-refractivity contribution is -0.140. The highest BCUT2D eigenvalue weighted by Crippen LogP contribution is 2.42. The smallest absolute Gasteiger partial charge is 0.416 e. The lowest BCUT2D eigenvalue weighted by Gasteiger charge is -2.19. The third kappa shape index (κ3) is 6.99. The fourth-order valence-corrected chi connectivity index (χ4v) is 4.56. The number of ether oxygens (including phenoxy) is 1. The fraction of sp³-hybridized carbons (Fsp3) is 0.423. The summed E-state index contributed by atoms with van der Waals surface area (Å²) in [6.07, 6.45) is -1.83. The Bertz CT molecular complexity index is 1130. The van der Waals surface area contributed by atoms with E-state index in [4.69, 9.17) is 21.3 Å². The molecule has 1 saturated carbocycles. The fourth-order valence-electron chi connectivity index (χ4n) is 4.56. The summed E-state index contributed by atoms with van der Waals surface area (Å²) < 4.78 is 46.8. The van der Waals surface area contributed by atoms with Gasteiger partial charge in [0.1, 0.15) is 12.4 Å². The maximum atomic E-state index is 13.7. The van der Waals surface area contributed by atoms with Crippen LogP contribution in [0.25, 0.3) is 0 Å². The number of amides is 1. The standard InChI is InChI=1S/C26H29F3N2O5/c27-26(28,29)21-11-15(5-8-19(21)16-3-1-2-4-16)14-36-18-7-9-22(30)20(13-18)23(32)10-6-17(25(31)35)12-24(33)34/h5,7-9,11,13,16-17H,1-4,6,10,12,14,30H2,(H2,31,35)(H,33,34). The molecule has 1 amide bonds. The van der Waals surface area contributed by atoms with E-state index in [9.17, 15) is 27.6 Å². The summed E-state index contributed by atoms with van der Waals surface area (Å²) in [4.78, 5) is 35.0. The summed E-state index contributed by atoms with van der Waals surface area (Å²) in [5.74, 6) is -3.31. The highest BCUT2D eigenvalue weighted by Gasteiger charge is 2.36. The number of carboxylic acid groups (broad SMARTS) is 1. The van der Waals surface area contributed by atoms with Gasteiger partial charge >= 0.3 is 12.1 Å². The van der Waals surface area contributed by atoms with Crippen LogP contribution in [-0.4, -0.2) is 22.8 Å². The van der Waals surface area contributed by atoms with E-state index in [0.29, 0.717) is 11.1 Å². The van der Waals surface area contributed by atoms with Crippen LogP contribution in [0.4, 0.5) is 18.9 Å². The molecule has 1 atom stereocenters. The van der Waals surface area contributed by atoms with Crippen LogP contribution in [0.2, 0.25) is 0 Å². The van der Waals surface area contributed by atoms with E-state index >= 15 is 0 Å². The third-order valence-electron chi connectivity index (χ3n) is 6.49. The molecule has 1 aliphatic rings. The largest absolute Gasteiger partial charge is 0.489 e. The van der Waals surface area contributed by atoms with Crippen LogP contribution in [0.5, 0.6) is 5.75 Å². The van der Waals surface area contributed by atoms with Gasteiger partial charge in [-0.15, -0.1) is 0 Å². The molecule has 0 bridgehead atoms.